The number of rotatable bonds is 9. The van der Waals surface area contributed by atoms with Crippen molar-refractivity contribution in [3.8, 4) is 11.1 Å². The Morgan fingerprint density at radius 3 is 2.49 bits per heavy atom. The van der Waals surface area contributed by atoms with Crippen LogP contribution in [0, 0.1) is 11.7 Å². The molecule has 16 nitrogen and oxygen atoms in total. The minimum atomic E-state index is -3.19. The van der Waals surface area contributed by atoms with Gasteiger partial charge in [-0.15, -0.1) is 11.3 Å². The van der Waals surface area contributed by atoms with Gasteiger partial charge < -0.3 is 19.3 Å². The maximum atomic E-state index is 16.0. The number of piperidine rings is 2. The fraction of sp³-hybridized carbons (Fsp3) is 0.375. The van der Waals surface area contributed by atoms with Gasteiger partial charge in [0.25, 0.3) is 17.7 Å². The van der Waals surface area contributed by atoms with Crippen LogP contribution in [0.2, 0.25) is 0 Å². The number of nitrogens with zero attached hydrogens (tertiary/aromatic N) is 9. The summed E-state index contributed by atoms with van der Waals surface area (Å²) in [6, 6.07) is 14.0. The number of anilines is 3. The Bertz CT molecular complexity index is 3020. The first-order valence-electron chi connectivity index (χ1n) is 22.8. The maximum absolute atomic E-state index is 16.0. The normalized spacial score (nSPS) is 19.9. The molecule has 0 saturated carbocycles. The van der Waals surface area contributed by atoms with Crippen molar-refractivity contribution in [1.82, 2.24) is 39.4 Å². The standard InChI is InChI=1S/C48H46F3N11O5S/c1-57-38-23-29(6-9-32(38)42(56-57)61-19-13-39(63)54-47(61)67)35-12-18-59(25-48(35,50)51)44(65)28-10-16-58(17-11-28)31-7-4-27(5-8-31)30-21-33-34(36(49)22-30)24-62(45(33)66)41(43(64)55-46-52-14-20-68-46)40-37-3-2-15-60(37)26-53-40/h4-9,14,20-23,26,28,35,41H,2-3,10-13,15-19,24-25H2,1H3,(H,52,55,64)(H,54,63,67). The van der Waals surface area contributed by atoms with E-state index in [9.17, 15) is 24.0 Å². The van der Waals surface area contributed by atoms with Crippen LogP contribution in [-0.2, 0) is 40.9 Å². The zero-order valence-corrected chi connectivity index (χ0v) is 37.8. The number of nitrogens with one attached hydrogen (secondary N) is 2. The highest BCUT2D eigenvalue weighted by Crippen LogP contribution is 2.43. The van der Waals surface area contributed by atoms with Crippen LogP contribution in [0.4, 0.5) is 34.6 Å². The number of imidazole rings is 1. The van der Waals surface area contributed by atoms with Gasteiger partial charge in [0, 0.05) is 91.6 Å². The molecule has 5 aliphatic rings. The topological polar surface area (TPSA) is 171 Å². The SMILES string of the molecule is Cn1nc(N2CCC(=O)NC2=O)c2ccc(C3CCN(C(=O)C4CCN(c5ccc(-c6cc(F)c7c(c6)C(=O)N(C(C(=O)Nc6nccs6)c6ncn8c6CCC8)C7)cc5)CC4)CC3(F)F)cc21. The summed E-state index contributed by atoms with van der Waals surface area (Å²) in [6.07, 6.45) is 6.06. The summed E-state index contributed by atoms with van der Waals surface area (Å²) in [7, 11) is 1.68. The summed E-state index contributed by atoms with van der Waals surface area (Å²) in [4.78, 5) is 81.0. The summed E-state index contributed by atoms with van der Waals surface area (Å²) < 4.78 is 51.5. The summed E-state index contributed by atoms with van der Waals surface area (Å²) in [5.74, 6) is -6.47. The van der Waals surface area contributed by atoms with Gasteiger partial charge in [-0.1, -0.05) is 18.2 Å². The van der Waals surface area contributed by atoms with E-state index < -0.39 is 54.0 Å². The monoisotopic (exact) mass is 945 g/mol. The average Bonchev–Trinajstić information content (AvgIpc) is 4.19. The van der Waals surface area contributed by atoms with E-state index in [0.29, 0.717) is 76.6 Å². The fourth-order valence-electron chi connectivity index (χ4n) is 10.6. The molecule has 20 heteroatoms. The molecule has 0 aliphatic carbocycles. The lowest BCUT2D eigenvalue weighted by Crippen LogP contribution is -2.52. The van der Waals surface area contributed by atoms with Crippen LogP contribution in [0.5, 0.6) is 0 Å². The van der Waals surface area contributed by atoms with E-state index in [1.807, 2.05) is 28.8 Å². The van der Waals surface area contributed by atoms with Gasteiger partial charge in [-0.25, -0.2) is 27.9 Å². The molecule has 68 heavy (non-hydrogen) atoms. The molecule has 3 aromatic carbocycles. The quantitative estimate of drug-likeness (QED) is 0.162. The minimum Gasteiger partial charge on any atom is -0.371 e. The van der Waals surface area contributed by atoms with E-state index in [1.54, 1.807) is 53.9 Å². The lowest BCUT2D eigenvalue weighted by atomic mass is 9.84. The molecule has 3 aromatic heterocycles. The molecule has 2 unspecified atom stereocenters. The zero-order chi connectivity index (χ0) is 47.0. The van der Waals surface area contributed by atoms with E-state index in [-0.39, 0.29) is 55.4 Å². The zero-order valence-electron chi connectivity index (χ0n) is 37.0. The Morgan fingerprint density at radius 2 is 1.74 bits per heavy atom. The van der Waals surface area contributed by atoms with Gasteiger partial charge in [-0.05, 0) is 85.2 Å². The van der Waals surface area contributed by atoms with E-state index in [1.165, 1.54) is 32.1 Å². The second kappa shape index (κ2) is 16.9. The molecule has 0 spiro atoms. The van der Waals surface area contributed by atoms with E-state index >= 15 is 13.2 Å². The molecule has 11 rings (SSSR count). The Labute approximate surface area is 391 Å². The third kappa shape index (κ3) is 7.63. The molecular formula is C48H46F3N11O5S. The summed E-state index contributed by atoms with van der Waals surface area (Å²) >= 11 is 1.26. The molecule has 6 aromatic rings. The molecule has 350 valence electrons. The lowest BCUT2D eigenvalue weighted by Gasteiger charge is -2.41. The third-order valence-electron chi connectivity index (χ3n) is 14.2. The van der Waals surface area contributed by atoms with Crippen molar-refractivity contribution in [3.63, 3.8) is 0 Å². The second-order valence-corrected chi connectivity index (χ2v) is 19.1. The lowest BCUT2D eigenvalue weighted by molar-refractivity contribution is -0.149. The number of fused-ring (bicyclic) bond motifs is 3. The molecule has 3 saturated heterocycles. The predicted octanol–water partition coefficient (Wildman–Crippen LogP) is 6.63. The van der Waals surface area contributed by atoms with Gasteiger partial charge >= 0.3 is 6.03 Å². The van der Waals surface area contributed by atoms with Crippen molar-refractivity contribution in [2.45, 2.75) is 69.5 Å². The molecule has 3 fully saturated rings. The summed E-state index contributed by atoms with van der Waals surface area (Å²) in [5, 5.41) is 12.3. The van der Waals surface area contributed by atoms with Gasteiger partial charge in [0.2, 0.25) is 11.8 Å². The number of carbonyl (C=O) groups is 5. The van der Waals surface area contributed by atoms with Crippen LogP contribution in [0.25, 0.3) is 22.0 Å². The van der Waals surface area contributed by atoms with E-state index in [2.05, 4.69) is 30.6 Å². The van der Waals surface area contributed by atoms with E-state index in [0.717, 1.165) is 24.3 Å². The number of carbonyl (C=O) groups excluding carboxylic acids is 5. The third-order valence-corrected chi connectivity index (χ3v) is 14.9. The van der Waals surface area contributed by atoms with Gasteiger partial charge in [0.15, 0.2) is 17.0 Å². The highest BCUT2D eigenvalue weighted by Gasteiger charge is 2.48. The molecule has 5 aliphatic heterocycles. The molecule has 0 radical (unpaired) electrons. The average molecular weight is 946 g/mol. The van der Waals surface area contributed by atoms with Gasteiger partial charge in [-0.2, -0.15) is 5.10 Å². The fourth-order valence-corrected chi connectivity index (χ4v) is 11.2. The van der Waals surface area contributed by atoms with E-state index in [4.69, 9.17) is 0 Å². The second-order valence-electron chi connectivity index (χ2n) is 18.2. The number of thiazole rings is 1. The first kappa shape index (κ1) is 43.5. The number of hydrogen-bond acceptors (Lipinski definition) is 10. The minimum absolute atomic E-state index is 0.0793. The number of alkyl halides is 2. The summed E-state index contributed by atoms with van der Waals surface area (Å²) in [5.41, 5.74) is 4.86. The van der Waals surface area contributed by atoms with Crippen molar-refractivity contribution in [2.24, 2.45) is 13.0 Å². The predicted molar refractivity (Wildman–Crippen MR) is 246 cm³/mol. The number of likely N-dealkylation sites (tertiary alicyclic amines) is 1. The summed E-state index contributed by atoms with van der Waals surface area (Å²) in [6.45, 7) is 1.43. The van der Waals surface area contributed by atoms with Crippen molar-refractivity contribution in [2.75, 3.05) is 47.8 Å². The molecule has 8 heterocycles. The first-order valence-corrected chi connectivity index (χ1v) is 23.7. The largest absolute Gasteiger partial charge is 0.371 e. The molecular weight excluding hydrogens is 900 g/mol. The van der Waals surface area contributed by atoms with Crippen LogP contribution in [0.15, 0.2) is 72.5 Å². The number of hydrogen-bond donors (Lipinski definition) is 2. The maximum Gasteiger partial charge on any atom is 0.329 e. The number of aryl methyl sites for hydroxylation is 2. The first-order chi connectivity index (χ1) is 32.8. The molecule has 6 amide bonds. The van der Waals surface area contributed by atoms with Crippen LogP contribution in [0.3, 0.4) is 0 Å². The Balaban J connectivity index is 0.726. The van der Waals surface area contributed by atoms with Gasteiger partial charge in [0.1, 0.15) is 5.82 Å². The van der Waals surface area contributed by atoms with Crippen LogP contribution in [0.1, 0.15) is 76.9 Å². The van der Waals surface area contributed by atoms with Crippen LogP contribution >= 0.6 is 11.3 Å². The number of imide groups is 1. The molecule has 2 N–H and O–H groups in total. The Hall–Kier alpha value is -7.09. The number of benzene rings is 3. The smallest absolute Gasteiger partial charge is 0.329 e. The van der Waals surface area contributed by atoms with Crippen LogP contribution in [-0.4, -0.2) is 102 Å². The van der Waals surface area contributed by atoms with Gasteiger partial charge in [0.05, 0.1) is 36.5 Å². The van der Waals surface area contributed by atoms with Crippen molar-refractivity contribution < 1.29 is 37.1 Å². The van der Waals surface area contributed by atoms with Crippen LogP contribution < -0.4 is 20.4 Å². The Kier molecular flexibility index (Phi) is 10.8. The van der Waals surface area contributed by atoms with Gasteiger partial charge in [-0.3, -0.25) is 39.4 Å². The van der Waals surface area contributed by atoms with Crippen molar-refractivity contribution in [3.05, 3.63) is 106 Å². The highest BCUT2D eigenvalue weighted by atomic mass is 32.1. The Morgan fingerprint density at radius 1 is 0.926 bits per heavy atom. The van der Waals surface area contributed by atoms with Crippen molar-refractivity contribution >= 4 is 68.5 Å². The number of amides is 6. The molecule has 0 bridgehead atoms. The molecule has 2 atom stereocenters. The van der Waals surface area contributed by atoms with Crippen molar-refractivity contribution in [1.29, 1.82) is 0 Å². The highest BCUT2D eigenvalue weighted by molar-refractivity contribution is 7.13. The number of aromatic nitrogens is 5. The number of urea groups is 1. The number of halogens is 3.